The van der Waals surface area contributed by atoms with Gasteiger partial charge in [-0.05, 0) is 83.0 Å². The molecule has 0 heterocycles. The molecule has 0 radical (unpaired) electrons. The minimum Gasteiger partial charge on any atom is -0.350 e. The van der Waals surface area contributed by atoms with Crippen LogP contribution in [0.1, 0.15) is 44.4 Å². The fraction of sp³-hybridized carbons (Fsp3) is 0.333. The summed E-state index contributed by atoms with van der Waals surface area (Å²) >= 11 is 0. The molecular formula is C30H36FN3O4S. The third kappa shape index (κ3) is 7.66. The molecule has 1 N–H and O–H groups in total. The average Bonchev–Trinajstić information content (AvgIpc) is 2.85. The number of sulfonamides is 1. The van der Waals surface area contributed by atoms with E-state index in [0.29, 0.717) is 5.69 Å². The van der Waals surface area contributed by atoms with Crippen LogP contribution in [0.5, 0.6) is 0 Å². The van der Waals surface area contributed by atoms with Crippen molar-refractivity contribution < 1.29 is 22.4 Å². The molecule has 0 aliphatic rings. The maximum atomic E-state index is 14.6. The number of hydrogen-bond donors (Lipinski definition) is 1. The number of nitrogens with zero attached hydrogens (tertiary/aromatic N) is 2. The molecule has 0 aliphatic carbocycles. The van der Waals surface area contributed by atoms with E-state index in [4.69, 9.17) is 0 Å². The summed E-state index contributed by atoms with van der Waals surface area (Å²) < 4.78 is 43.3. The number of anilines is 1. The number of rotatable bonds is 9. The van der Waals surface area contributed by atoms with Gasteiger partial charge in [0.25, 0.3) is 10.0 Å². The summed E-state index contributed by atoms with van der Waals surface area (Å²) in [7, 11) is -4.16. The quantitative estimate of drug-likeness (QED) is 0.405. The largest absolute Gasteiger partial charge is 0.350 e. The van der Waals surface area contributed by atoms with Gasteiger partial charge in [-0.2, -0.15) is 0 Å². The van der Waals surface area contributed by atoms with E-state index in [1.54, 1.807) is 43.3 Å². The fourth-order valence-electron chi connectivity index (χ4n) is 4.21. The average molecular weight is 554 g/mol. The zero-order valence-corrected chi connectivity index (χ0v) is 24.0. The van der Waals surface area contributed by atoms with Gasteiger partial charge in [0.2, 0.25) is 11.8 Å². The summed E-state index contributed by atoms with van der Waals surface area (Å²) in [5.41, 5.74) is 1.62. The molecular weight excluding hydrogens is 517 g/mol. The van der Waals surface area contributed by atoms with Gasteiger partial charge in [0.05, 0.1) is 10.6 Å². The predicted molar refractivity (Wildman–Crippen MR) is 151 cm³/mol. The second-order valence-corrected chi connectivity index (χ2v) is 12.6. The van der Waals surface area contributed by atoms with Crippen LogP contribution in [0.25, 0.3) is 0 Å². The first-order chi connectivity index (χ1) is 18.2. The van der Waals surface area contributed by atoms with Gasteiger partial charge >= 0.3 is 0 Å². The van der Waals surface area contributed by atoms with Gasteiger partial charge in [-0.3, -0.25) is 13.9 Å². The van der Waals surface area contributed by atoms with E-state index >= 15 is 0 Å². The van der Waals surface area contributed by atoms with Crippen molar-refractivity contribution in [2.45, 2.75) is 64.6 Å². The maximum absolute atomic E-state index is 14.6. The summed E-state index contributed by atoms with van der Waals surface area (Å²) in [4.78, 5) is 28.3. The lowest BCUT2D eigenvalue weighted by Gasteiger charge is -2.33. The number of amides is 2. The molecule has 3 aromatic carbocycles. The van der Waals surface area contributed by atoms with E-state index in [2.05, 4.69) is 5.32 Å². The maximum Gasteiger partial charge on any atom is 0.264 e. The van der Waals surface area contributed by atoms with Crippen molar-refractivity contribution in [1.29, 1.82) is 0 Å². The third-order valence-corrected chi connectivity index (χ3v) is 7.86. The van der Waals surface area contributed by atoms with Gasteiger partial charge in [0.15, 0.2) is 0 Å². The summed E-state index contributed by atoms with van der Waals surface area (Å²) in [6.07, 6.45) is 0. The molecule has 0 spiro atoms. The second kappa shape index (κ2) is 12.0. The van der Waals surface area contributed by atoms with Crippen molar-refractivity contribution in [3.8, 4) is 0 Å². The molecule has 0 fully saturated rings. The van der Waals surface area contributed by atoms with Crippen LogP contribution in [0.15, 0.2) is 77.7 Å². The molecule has 0 aliphatic heterocycles. The summed E-state index contributed by atoms with van der Waals surface area (Å²) in [5, 5.41) is 2.85. The summed E-state index contributed by atoms with van der Waals surface area (Å²) in [6, 6.07) is 18.1. The van der Waals surface area contributed by atoms with Gasteiger partial charge in [0.1, 0.15) is 18.4 Å². The van der Waals surface area contributed by atoms with Crippen LogP contribution in [-0.2, 0) is 26.2 Å². The Hall–Kier alpha value is -3.72. The van der Waals surface area contributed by atoms with Gasteiger partial charge in [-0.25, -0.2) is 12.8 Å². The Morgan fingerprint density at radius 2 is 1.49 bits per heavy atom. The van der Waals surface area contributed by atoms with Gasteiger partial charge in [-0.15, -0.1) is 0 Å². The first-order valence-electron chi connectivity index (χ1n) is 12.7. The van der Waals surface area contributed by atoms with Crippen molar-refractivity contribution in [3.05, 3.63) is 95.3 Å². The Kier molecular flexibility index (Phi) is 9.17. The van der Waals surface area contributed by atoms with Crippen LogP contribution >= 0.6 is 0 Å². The molecule has 3 rings (SSSR count). The van der Waals surface area contributed by atoms with E-state index in [9.17, 15) is 22.4 Å². The van der Waals surface area contributed by atoms with Gasteiger partial charge in [-0.1, -0.05) is 42.5 Å². The molecule has 208 valence electrons. The Labute approximate surface area is 230 Å². The molecule has 0 saturated carbocycles. The van der Waals surface area contributed by atoms with Crippen molar-refractivity contribution in [3.63, 3.8) is 0 Å². The Balaban J connectivity index is 2.07. The van der Waals surface area contributed by atoms with Crippen LogP contribution in [0, 0.1) is 19.7 Å². The highest BCUT2D eigenvalue weighted by Gasteiger charge is 2.33. The minimum absolute atomic E-state index is 0.0242. The van der Waals surface area contributed by atoms with E-state index < -0.39 is 45.8 Å². The lowest BCUT2D eigenvalue weighted by molar-refractivity contribution is -0.140. The molecule has 1 atom stereocenters. The third-order valence-electron chi connectivity index (χ3n) is 6.07. The molecule has 2 amide bonds. The van der Waals surface area contributed by atoms with Crippen LogP contribution in [0.4, 0.5) is 10.1 Å². The zero-order valence-electron chi connectivity index (χ0n) is 23.2. The first kappa shape index (κ1) is 29.8. The van der Waals surface area contributed by atoms with Gasteiger partial charge in [0, 0.05) is 17.6 Å². The number of halogens is 1. The Bertz CT molecular complexity index is 1420. The SMILES string of the molecule is Cc1cc(C)cc(N(CC(=O)N(Cc2ccccc2F)[C@@H](C)C(=O)NC(C)(C)C)S(=O)(=O)c2ccccc2)c1. The van der Waals surface area contributed by atoms with E-state index in [1.807, 2.05) is 40.7 Å². The summed E-state index contributed by atoms with van der Waals surface area (Å²) in [6.45, 7) is 9.88. The highest BCUT2D eigenvalue weighted by atomic mass is 32.2. The first-order valence-corrected chi connectivity index (χ1v) is 14.1. The van der Waals surface area contributed by atoms with Crippen LogP contribution in [0.2, 0.25) is 0 Å². The number of hydrogen-bond acceptors (Lipinski definition) is 4. The van der Waals surface area contributed by atoms with Crippen molar-refractivity contribution in [1.82, 2.24) is 10.2 Å². The Morgan fingerprint density at radius 1 is 0.923 bits per heavy atom. The molecule has 0 aromatic heterocycles. The van der Waals surface area contributed by atoms with Crippen LogP contribution < -0.4 is 9.62 Å². The van der Waals surface area contributed by atoms with E-state index in [0.717, 1.165) is 15.4 Å². The number of nitrogens with one attached hydrogen (secondary N) is 1. The Morgan fingerprint density at radius 3 is 2.05 bits per heavy atom. The molecule has 3 aromatic rings. The normalized spacial score (nSPS) is 12.5. The molecule has 0 saturated heterocycles. The van der Waals surface area contributed by atoms with Crippen LogP contribution in [0.3, 0.4) is 0 Å². The molecule has 39 heavy (non-hydrogen) atoms. The smallest absolute Gasteiger partial charge is 0.264 e. The molecule has 7 nitrogen and oxygen atoms in total. The number of carbonyl (C=O) groups excluding carboxylic acids is 2. The van der Waals surface area contributed by atoms with Gasteiger partial charge < -0.3 is 10.2 Å². The summed E-state index contributed by atoms with van der Waals surface area (Å²) in [5.74, 6) is -1.61. The van der Waals surface area contributed by atoms with Crippen molar-refractivity contribution >= 4 is 27.5 Å². The molecule has 9 heteroatoms. The van der Waals surface area contributed by atoms with Crippen molar-refractivity contribution in [2.75, 3.05) is 10.8 Å². The second-order valence-electron chi connectivity index (χ2n) is 10.7. The molecule has 0 unspecified atom stereocenters. The monoisotopic (exact) mass is 553 g/mol. The molecule has 0 bridgehead atoms. The van der Waals surface area contributed by atoms with Crippen LogP contribution in [-0.4, -0.2) is 43.3 Å². The highest BCUT2D eigenvalue weighted by molar-refractivity contribution is 7.92. The number of benzene rings is 3. The lowest BCUT2D eigenvalue weighted by Crippen LogP contribution is -2.54. The van der Waals surface area contributed by atoms with Crippen molar-refractivity contribution in [2.24, 2.45) is 0 Å². The predicted octanol–water partition coefficient (Wildman–Crippen LogP) is 4.97. The standard InChI is InChI=1S/C30H36FN3O4S/c1-21-16-22(2)18-25(17-21)34(39(37,38)26-13-8-7-9-14-26)20-28(35)33(19-24-12-10-11-15-27(24)31)23(3)29(36)32-30(4,5)6/h7-18,23H,19-20H2,1-6H3,(H,32,36)/t23-/m0/s1. The topological polar surface area (TPSA) is 86.8 Å². The minimum atomic E-state index is -4.16. The fourth-order valence-corrected chi connectivity index (χ4v) is 5.63. The van der Waals surface area contributed by atoms with E-state index in [1.165, 1.54) is 35.2 Å². The lowest BCUT2D eigenvalue weighted by atomic mass is 10.1. The highest BCUT2D eigenvalue weighted by Crippen LogP contribution is 2.27. The number of aryl methyl sites for hydroxylation is 2. The van der Waals surface area contributed by atoms with E-state index in [-0.39, 0.29) is 17.0 Å². The number of carbonyl (C=O) groups is 2. The zero-order chi connectivity index (χ0) is 29.0.